The van der Waals surface area contributed by atoms with Crippen LogP contribution in [0.5, 0.6) is 5.75 Å². The lowest BCUT2D eigenvalue weighted by Crippen LogP contribution is -2.32. The molecule has 3 rings (SSSR count). The number of esters is 1. The van der Waals surface area contributed by atoms with Gasteiger partial charge in [0.2, 0.25) is 0 Å². The minimum atomic E-state index is -0.898. The Hall–Kier alpha value is -2.71. The van der Waals surface area contributed by atoms with Crippen LogP contribution in [0.15, 0.2) is 23.0 Å². The number of aromatic nitrogens is 2. The topological polar surface area (TPSA) is 90.7 Å². The fraction of sp³-hybridized carbons (Fsp3) is 0.381. The molecule has 8 heteroatoms. The van der Waals surface area contributed by atoms with Crippen molar-refractivity contribution in [3.05, 3.63) is 55.9 Å². The van der Waals surface area contributed by atoms with Crippen LogP contribution in [0, 0.1) is 27.7 Å². The first kappa shape index (κ1) is 21.0. The summed E-state index contributed by atoms with van der Waals surface area (Å²) in [6, 6.07) is 5.82. The summed E-state index contributed by atoms with van der Waals surface area (Å²) in [7, 11) is 1.30. The molecular formula is C21H24N2O5S. The van der Waals surface area contributed by atoms with E-state index in [1.54, 1.807) is 13.8 Å². The first-order chi connectivity index (χ1) is 13.7. The Bertz CT molecular complexity index is 1130. The molecule has 0 aliphatic heterocycles. The molecular weight excluding hydrogens is 392 g/mol. The number of carbonyl (C=O) groups is 1. The number of rotatable bonds is 6. The zero-order valence-corrected chi connectivity index (χ0v) is 17.9. The molecule has 0 saturated carbocycles. The Balaban J connectivity index is 1.84. The lowest BCUT2D eigenvalue weighted by atomic mass is 10.1. The SMILES string of the molecule is COC(=O)c1sc2nc(C)n(C[C@H](O)COc3ccc(C)cc3C)c(=O)c2c1C. The molecule has 0 saturated heterocycles. The lowest BCUT2D eigenvalue weighted by molar-refractivity contribution is 0.0605. The van der Waals surface area contributed by atoms with Gasteiger partial charge in [0.05, 0.1) is 19.0 Å². The first-order valence-electron chi connectivity index (χ1n) is 9.20. The van der Waals surface area contributed by atoms with Crippen molar-refractivity contribution in [2.24, 2.45) is 0 Å². The van der Waals surface area contributed by atoms with Crippen molar-refractivity contribution in [1.29, 1.82) is 0 Å². The highest BCUT2D eigenvalue weighted by Crippen LogP contribution is 2.28. The molecule has 0 radical (unpaired) electrons. The van der Waals surface area contributed by atoms with Crippen LogP contribution < -0.4 is 10.3 Å². The average molecular weight is 416 g/mol. The molecule has 1 atom stereocenters. The number of benzene rings is 1. The number of aryl methyl sites for hydroxylation is 4. The Morgan fingerprint density at radius 2 is 2.00 bits per heavy atom. The molecule has 2 aromatic heterocycles. The molecule has 1 N–H and O–H groups in total. The number of aliphatic hydroxyl groups excluding tert-OH is 1. The summed E-state index contributed by atoms with van der Waals surface area (Å²) in [5.41, 5.74) is 2.37. The van der Waals surface area contributed by atoms with Crippen LogP contribution in [0.2, 0.25) is 0 Å². The molecule has 7 nitrogen and oxygen atoms in total. The van der Waals surface area contributed by atoms with Gasteiger partial charge in [0, 0.05) is 0 Å². The third-order valence-electron chi connectivity index (χ3n) is 4.77. The number of hydrogen-bond acceptors (Lipinski definition) is 7. The quantitative estimate of drug-likeness (QED) is 0.622. The fourth-order valence-corrected chi connectivity index (χ4v) is 4.37. The lowest BCUT2D eigenvalue weighted by Gasteiger charge is -2.16. The van der Waals surface area contributed by atoms with E-state index in [-0.39, 0.29) is 18.7 Å². The van der Waals surface area contributed by atoms with E-state index in [0.29, 0.717) is 32.2 Å². The predicted molar refractivity (Wildman–Crippen MR) is 112 cm³/mol. The van der Waals surface area contributed by atoms with Gasteiger partial charge in [-0.25, -0.2) is 9.78 Å². The van der Waals surface area contributed by atoms with Gasteiger partial charge in [-0.3, -0.25) is 9.36 Å². The predicted octanol–water partition coefficient (Wildman–Crippen LogP) is 2.92. The summed E-state index contributed by atoms with van der Waals surface area (Å²) in [5, 5.41) is 10.8. The number of methoxy groups -OCH3 is 1. The molecule has 3 aromatic rings. The minimum Gasteiger partial charge on any atom is -0.491 e. The third-order valence-corrected chi connectivity index (χ3v) is 5.93. The van der Waals surface area contributed by atoms with Crippen molar-refractivity contribution in [1.82, 2.24) is 9.55 Å². The van der Waals surface area contributed by atoms with E-state index >= 15 is 0 Å². The van der Waals surface area contributed by atoms with Crippen LogP contribution in [0.4, 0.5) is 0 Å². The van der Waals surface area contributed by atoms with Crippen molar-refractivity contribution < 1.29 is 19.4 Å². The van der Waals surface area contributed by atoms with Gasteiger partial charge in [-0.15, -0.1) is 11.3 Å². The van der Waals surface area contributed by atoms with E-state index in [4.69, 9.17) is 9.47 Å². The van der Waals surface area contributed by atoms with Crippen LogP contribution in [0.3, 0.4) is 0 Å². The number of hydrogen-bond donors (Lipinski definition) is 1. The zero-order valence-electron chi connectivity index (χ0n) is 17.1. The zero-order chi connectivity index (χ0) is 21.3. The normalized spacial score (nSPS) is 12.2. The summed E-state index contributed by atoms with van der Waals surface area (Å²) in [5.74, 6) is 0.672. The monoisotopic (exact) mass is 416 g/mol. The minimum absolute atomic E-state index is 0.0430. The Kier molecular flexibility index (Phi) is 6.04. The molecule has 0 aliphatic rings. The Morgan fingerprint density at radius 1 is 1.28 bits per heavy atom. The van der Waals surface area contributed by atoms with Crippen molar-refractivity contribution in [2.45, 2.75) is 40.3 Å². The second-order valence-electron chi connectivity index (χ2n) is 7.04. The molecule has 0 amide bonds. The first-order valence-corrected chi connectivity index (χ1v) is 10.0. The highest BCUT2D eigenvalue weighted by molar-refractivity contribution is 7.20. The van der Waals surface area contributed by atoms with Crippen LogP contribution >= 0.6 is 11.3 Å². The maximum Gasteiger partial charge on any atom is 0.348 e. The van der Waals surface area contributed by atoms with Gasteiger partial charge >= 0.3 is 5.97 Å². The second-order valence-corrected chi connectivity index (χ2v) is 8.04. The molecule has 0 aliphatic carbocycles. The molecule has 0 fully saturated rings. The number of nitrogens with zero attached hydrogens (tertiary/aromatic N) is 2. The van der Waals surface area contributed by atoms with E-state index in [0.717, 1.165) is 22.5 Å². The van der Waals surface area contributed by atoms with Gasteiger partial charge in [0.15, 0.2) is 0 Å². The van der Waals surface area contributed by atoms with Gasteiger partial charge < -0.3 is 14.6 Å². The van der Waals surface area contributed by atoms with E-state index in [9.17, 15) is 14.7 Å². The summed E-state index contributed by atoms with van der Waals surface area (Å²) < 4.78 is 11.9. The summed E-state index contributed by atoms with van der Waals surface area (Å²) >= 11 is 1.14. The number of ether oxygens (including phenoxy) is 2. The molecule has 0 spiro atoms. The highest BCUT2D eigenvalue weighted by Gasteiger charge is 2.22. The van der Waals surface area contributed by atoms with Crippen LogP contribution in [-0.4, -0.2) is 40.4 Å². The van der Waals surface area contributed by atoms with Crippen molar-refractivity contribution in [3.63, 3.8) is 0 Å². The van der Waals surface area contributed by atoms with Crippen molar-refractivity contribution in [2.75, 3.05) is 13.7 Å². The maximum atomic E-state index is 13.0. The standard InChI is InChI=1S/C21H24N2O5S/c1-11-6-7-16(12(2)8-11)28-10-15(24)9-23-14(4)22-19-17(20(23)25)13(3)18(29-19)21(26)27-5/h6-8,15,24H,9-10H2,1-5H3/t15-/m0/s1. The number of carbonyl (C=O) groups excluding carboxylic acids is 1. The molecule has 0 bridgehead atoms. The molecule has 1 aromatic carbocycles. The van der Waals surface area contributed by atoms with Crippen LogP contribution in [0.1, 0.15) is 32.2 Å². The van der Waals surface area contributed by atoms with Gasteiger partial charge in [-0.05, 0) is 44.9 Å². The molecule has 154 valence electrons. The molecule has 0 unspecified atom stereocenters. The highest BCUT2D eigenvalue weighted by atomic mass is 32.1. The Labute approximate surface area is 172 Å². The van der Waals surface area contributed by atoms with Crippen LogP contribution in [0.25, 0.3) is 10.2 Å². The molecule has 2 heterocycles. The summed E-state index contributed by atoms with van der Waals surface area (Å²) in [6.07, 6.45) is -0.898. The van der Waals surface area contributed by atoms with Gasteiger partial charge in [-0.2, -0.15) is 0 Å². The smallest absolute Gasteiger partial charge is 0.348 e. The number of aliphatic hydroxyl groups is 1. The van der Waals surface area contributed by atoms with Crippen LogP contribution in [-0.2, 0) is 11.3 Å². The molecule has 29 heavy (non-hydrogen) atoms. The number of thiophene rings is 1. The number of fused-ring (bicyclic) bond motifs is 1. The van der Waals surface area contributed by atoms with Crippen molar-refractivity contribution in [3.8, 4) is 5.75 Å². The Morgan fingerprint density at radius 3 is 2.66 bits per heavy atom. The van der Waals surface area contributed by atoms with Gasteiger partial charge in [0.25, 0.3) is 5.56 Å². The van der Waals surface area contributed by atoms with E-state index in [1.807, 2.05) is 32.0 Å². The van der Waals surface area contributed by atoms with E-state index in [2.05, 4.69) is 4.98 Å². The largest absolute Gasteiger partial charge is 0.491 e. The van der Waals surface area contributed by atoms with Gasteiger partial charge in [-0.1, -0.05) is 17.7 Å². The summed E-state index contributed by atoms with van der Waals surface area (Å²) in [4.78, 5) is 30.3. The van der Waals surface area contributed by atoms with E-state index < -0.39 is 12.1 Å². The average Bonchev–Trinajstić information content (AvgIpc) is 3.00. The summed E-state index contributed by atoms with van der Waals surface area (Å²) in [6.45, 7) is 7.44. The maximum absolute atomic E-state index is 13.0. The third kappa shape index (κ3) is 4.18. The van der Waals surface area contributed by atoms with Crippen molar-refractivity contribution >= 4 is 27.5 Å². The van der Waals surface area contributed by atoms with Gasteiger partial charge in [0.1, 0.15) is 34.0 Å². The second kappa shape index (κ2) is 8.34. The van der Waals surface area contributed by atoms with E-state index in [1.165, 1.54) is 11.7 Å². The fourth-order valence-electron chi connectivity index (χ4n) is 3.23.